The van der Waals surface area contributed by atoms with Crippen LogP contribution in [-0.4, -0.2) is 15.1 Å². The van der Waals surface area contributed by atoms with Crippen LogP contribution < -0.4 is 0 Å². The van der Waals surface area contributed by atoms with Gasteiger partial charge in [0, 0.05) is 6.07 Å². The average Bonchev–Trinajstić information content (AvgIpc) is 2.39. The van der Waals surface area contributed by atoms with Gasteiger partial charge in [-0.15, -0.1) is 10.2 Å². The van der Waals surface area contributed by atoms with Gasteiger partial charge in [0.2, 0.25) is 5.75 Å². The number of azo groups is 1. The predicted molar refractivity (Wildman–Crippen MR) is 67.0 cm³/mol. The molecule has 2 rings (SSSR count). The van der Waals surface area contributed by atoms with Gasteiger partial charge >= 0.3 is 5.69 Å². The number of aromatic hydroxyl groups is 2. The van der Waals surface area contributed by atoms with Crippen LogP contribution in [0.5, 0.6) is 11.5 Å². The normalized spacial score (nSPS) is 10.7. The minimum absolute atomic E-state index is 0.0440. The first-order valence-corrected chi connectivity index (χ1v) is 5.25. The van der Waals surface area contributed by atoms with E-state index in [2.05, 4.69) is 10.2 Å². The highest BCUT2D eigenvalue weighted by molar-refractivity contribution is 5.62. The lowest BCUT2D eigenvalue weighted by molar-refractivity contribution is -0.385. The van der Waals surface area contributed by atoms with Gasteiger partial charge in [-0.1, -0.05) is 18.2 Å². The molecule has 7 heteroatoms. The number of nitro benzene ring substituents is 1. The van der Waals surface area contributed by atoms with E-state index in [1.165, 1.54) is 24.3 Å². The van der Waals surface area contributed by atoms with Crippen molar-refractivity contribution in [2.24, 2.45) is 10.2 Å². The largest absolute Gasteiger partial charge is 0.506 e. The first kappa shape index (κ1) is 12.5. The molecular formula is C12H9N3O4. The zero-order chi connectivity index (χ0) is 13.8. The van der Waals surface area contributed by atoms with Gasteiger partial charge in [0.05, 0.1) is 4.92 Å². The number of rotatable bonds is 3. The lowest BCUT2D eigenvalue weighted by Gasteiger charge is -1.99. The first-order chi connectivity index (χ1) is 9.09. The smallest absolute Gasteiger partial charge is 0.313 e. The molecule has 2 aromatic rings. The maximum Gasteiger partial charge on any atom is 0.313 e. The Bertz CT molecular complexity index is 655. The second-order valence-electron chi connectivity index (χ2n) is 3.59. The summed E-state index contributed by atoms with van der Waals surface area (Å²) < 4.78 is 0. The third-order valence-corrected chi connectivity index (χ3v) is 2.34. The number of hydrogen-bond donors (Lipinski definition) is 2. The highest BCUT2D eigenvalue weighted by Crippen LogP contribution is 2.37. The van der Waals surface area contributed by atoms with Gasteiger partial charge in [-0.05, 0) is 18.2 Å². The van der Waals surface area contributed by atoms with Gasteiger partial charge in [0.25, 0.3) is 0 Å². The standard InChI is InChI=1S/C12H9N3O4/c16-11-7-2-1-4-8(11)13-14-9-5-3-6-10(12(9)17)15(18)19/h1-7,16-17H/b14-13+. The molecule has 0 heterocycles. The third-order valence-electron chi connectivity index (χ3n) is 2.34. The number of para-hydroxylation sites is 2. The minimum Gasteiger partial charge on any atom is -0.506 e. The Balaban J connectivity index is 2.37. The predicted octanol–water partition coefficient (Wildman–Crippen LogP) is 3.42. The van der Waals surface area contributed by atoms with E-state index in [9.17, 15) is 20.3 Å². The summed E-state index contributed by atoms with van der Waals surface area (Å²) in [6, 6.07) is 10.2. The first-order valence-electron chi connectivity index (χ1n) is 5.25. The van der Waals surface area contributed by atoms with E-state index in [0.29, 0.717) is 0 Å². The van der Waals surface area contributed by atoms with Crippen molar-refractivity contribution in [2.75, 3.05) is 0 Å². The SMILES string of the molecule is O=[N+]([O-])c1cccc(/N=N/c2ccccc2O)c1O. The van der Waals surface area contributed by atoms with Crippen molar-refractivity contribution >= 4 is 17.1 Å². The molecule has 0 fully saturated rings. The summed E-state index contributed by atoms with van der Waals surface area (Å²) in [4.78, 5) is 9.92. The molecule has 2 N–H and O–H groups in total. The molecule has 0 aromatic heterocycles. The summed E-state index contributed by atoms with van der Waals surface area (Å²) >= 11 is 0. The quantitative estimate of drug-likeness (QED) is 0.500. The molecule has 0 unspecified atom stereocenters. The van der Waals surface area contributed by atoms with Crippen molar-refractivity contribution in [3.8, 4) is 11.5 Å². The van der Waals surface area contributed by atoms with Crippen LogP contribution >= 0.6 is 0 Å². The van der Waals surface area contributed by atoms with Crippen molar-refractivity contribution in [2.45, 2.75) is 0 Å². The number of hydrogen-bond acceptors (Lipinski definition) is 6. The van der Waals surface area contributed by atoms with Crippen LogP contribution in [0.15, 0.2) is 52.7 Å². The van der Waals surface area contributed by atoms with E-state index in [0.717, 1.165) is 6.07 Å². The molecule has 0 saturated carbocycles. The molecule has 7 nitrogen and oxygen atoms in total. The fourth-order valence-corrected chi connectivity index (χ4v) is 1.40. The van der Waals surface area contributed by atoms with Gasteiger partial charge in [-0.2, -0.15) is 0 Å². The van der Waals surface area contributed by atoms with E-state index in [1.807, 2.05) is 0 Å². The number of nitrogens with zero attached hydrogens (tertiary/aromatic N) is 3. The molecule has 0 spiro atoms. The Labute approximate surface area is 107 Å². The highest BCUT2D eigenvalue weighted by atomic mass is 16.6. The van der Waals surface area contributed by atoms with Crippen LogP contribution in [-0.2, 0) is 0 Å². The third kappa shape index (κ3) is 2.65. The number of phenols is 2. The van der Waals surface area contributed by atoms with E-state index < -0.39 is 16.4 Å². The molecule has 0 aliphatic heterocycles. The van der Waals surface area contributed by atoms with Crippen molar-refractivity contribution in [3.63, 3.8) is 0 Å². The molecule has 2 aromatic carbocycles. The molecule has 0 atom stereocenters. The average molecular weight is 259 g/mol. The van der Waals surface area contributed by atoms with E-state index in [1.54, 1.807) is 12.1 Å². The molecule has 0 aliphatic rings. The molecule has 0 aliphatic carbocycles. The summed E-state index contributed by atoms with van der Waals surface area (Å²) in [7, 11) is 0. The van der Waals surface area contributed by atoms with Gasteiger partial charge in [0.15, 0.2) is 0 Å². The zero-order valence-electron chi connectivity index (χ0n) is 9.59. The fourth-order valence-electron chi connectivity index (χ4n) is 1.40. The number of nitro groups is 1. The van der Waals surface area contributed by atoms with Crippen molar-refractivity contribution < 1.29 is 15.1 Å². The maximum absolute atomic E-state index is 10.6. The van der Waals surface area contributed by atoms with Gasteiger partial charge in [0.1, 0.15) is 17.1 Å². The number of phenolic OH excluding ortho intramolecular Hbond substituents is 2. The van der Waals surface area contributed by atoms with Crippen molar-refractivity contribution in [1.82, 2.24) is 0 Å². The van der Waals surface area contributed by atoms with Gasteiger partial charge in [-0.3, -0.25) is 10.1 Å². The Hall–Kier alpha value is -2.96. The fraction of sp³-hybridized carbons (Fsp3) is 0. The lowest BCUT2D eigenvalue weighted by atomic mass is 10.2. The van der Waals surface area contributed by atoms with Gasteiger partial charge < -0.3 is 10.2 Å². The monoisotopic (exact) mass is 259 g/mol. The Morgan fingerprint density at radius 2 is 1.58 bits per heavy atom. The molecule has 0 bridgehead atoms. The Morgan fingerprint density at radius 1 is 0.947 bits per heavy atom. The molecule has 0 amide bonds. The Kier molecular flexibility index (Phi) is 3.37. The molecule has 0 radical (unpaired) electrons. The summed E-state index contributed by atoms with van der Waals surface area (Å²) in [5.41, 5.74) is -0.292. The highest BCUT2D eigenvalue weighted by Gasteiger charge is 2.16. The summed E-state index contributed by atoms with van der Waals surface area (Å²) in [5, 5.41) is 37.2. The summed E-state index contributed by atoms with van der Waals surface area (Å²) in [5.74, 6) is -0.636. The maximum atomic E-state index is 10.6. The van der Waals surface area contributed by atoms with Crippen LogP contribution in [0.4, 0.5) is 17.1 Å². The van der Waals surface area contributed by atoms with Crippen molar-refractivity contribution in [3.05, 3.63) is 52.6 Å². The summed E-state index contributed by atoms with van der Waals surface area (Å²) in [6.07, 6.45) is 0. The van der Waals surface area contributed by atoms with E-state index in [-0.39, 0.29) is 17.1 Å². The van der Waals surface area contributed by atoms with E-state index in [4.69, 9.17) is 0 Å². The van der Waals surface area contributed by atoms with Crippen LogP contribution in [0.25, 0.3) is 0 Å². The second kappa shape index (κ2) is 5.13. The topological polar surface area (TPSA) is 108 Å². The van der Waals surface area contributed by atoms with Crippen LogP contribution in [0.2, 0.25) is 0 Å². The van der Waals surface area contributed by atoms with Crippen LogP contribution in [0, 0.1) is 10.1 Å². The second-order valence-corrected chi connectivity index (χ2v) is 3.59. The zero-order valence-corrected chi connectivity index (χ0v) is 9.59. The molecule has 19 heavy (non-hydrogen) atoms. The molecule has 96 valence electrons. The van der Waals surface area contributed by atoms with Crippen LogP contribution in [0.1, 0.15) is 0 Å². The van der Waals surface area contributed by atoms with Gasteiger partial charge in [-0.25, -0.2) is 0 Å². The molecular weight excluding hydrogens is 250 g/mol. The van der Waals surface area contributed by atoms with Crippen molar-refractivity contribution in [1.29, 1.82) is 0 Å². The minimum atomic E-state index is -0.714. The molecule has 0 saturated heterocycles. The van der Waals surface area contributed by atoms with Crippen LogP contribution in [0.3, 0.4) is 0 Å². The lowest BCUT2D eigenvalue weighted by Crippen LogP contribution is -1.87. The van der Waals surface area contributed by atoms with E-state index >= 15 is 0 Å². The Morgan fingerprint density at radius 3 is 2.26 bits per heavy atom. The summed E-state index contributed by atoms with van der Waals surface area (Å²) in [6.45, 7) is 0. The number of benzene rings is 2.